The monoisotopic (exact) mass is 298 g/mol. The summed E-state index contributed by atoms with van der Waals surface area (Å²) in [6, 6.07) is 5.62. The summed E-state index contributed by atoms with van der Waals surface area (Å²) < 4.78 is 6.36. The highest BCUT2D eigenvalue weighted by atomic mass is 79.9. The van der Waals surface area contributed by atoms with Crippen LogP contribution in [0.2, 0.25) is 0 Å². The van der Waals surface area contributed by atoms with Gasteiger partial charge in [-0.3, -0.25) is 4.79 Å². The number of amides is 1. The van der Waals surface area contributed by atoms with E-state index in [0.29, 0.717) is 5.75 Å². The largest absolute Gasteiger partial charge is 0.483 e. The highest BCUT2D eigenvalue weighted by Crippen LogP contribution is 2.21. The van der Waals surface area contributed by atoms with E-state index >= 15 is 0 Å². The van der Waals surface area contributed by atoms with Gasteiger partial charge in [-0.25, -0.2) is 5.43 Å². The van der Waals surface area contributed by atoms with E-state index in [9.17, 15) is 4.79 Å². The van der Waals surface area contributed by atoms with Crippen molar-refractivity contribution in [1.29, 1.82) is 0 Å². The van der Waals surface area contributed by atoms with Gasteiger partial charge in [-0.15, -0.1) is 0 Å². The van der Waals surface area contributed by atoms with Gasteiger partial charge in [0.15, 0.2) is 6.61 Å². The molecule has 0 atom stereocenters. The maximum absolute atomic E-state index is 11.3. The van der Waals surface area contributed by atoms with Crippen LogP contribution in [-0.2, 0) is 4.79 Å². The van der Waals surface area contributed by atoms with E-state index in [-0.39, 0.29) is 12.5 Å². The van der Waals surface area contributed by atoms with Gasteiger partial charge in [-0.2, -0.15) is 5.10 Å². The van der Waals surface area contributed by atoms with Gasteiger partial charge < -0.3 is 4.74 Å². The average molecular weight is 299 g/mol. The summed E-state index contributed by atoms with van der Waals surface area (Å²) in [5.41, 5.74) is 3.36. The molecule has 1 aromatic carbocycles. The molecule has 92 valence electrons. The molecule has 0 unspecified atom stereocenters. The molecule has 0 saturated carbocycles. The molecule has 4 nitrogen and oxygen atoms in total. The minimum Gasteiger partial charge on any atom is -0.483 e. The van der Waals surface area contributed by atoms with Crippen LogP contribution in [0.25, 0.3) is 0 Å². The number of hydrogen-bond acceptors (Lipinski definition) is 3. The van der Waals surface area contributed by atoms with E-state index in [4.69, 9.17) is 4.74 Å². The lowest BCUT2D eigenvalue weighted by Crippen LogP contribution is -2.24. The zero-order valence-electron chi connectivity index (χ0n) is 9.87. The van der Waals surface area contributed by atoms with E-state index in [1.54, 1.807) is 6.21 Å². The number of benzene rings is 1. The molecule has 0 aliphatic carbocycles. The molecule has 0 fully saturated rings. The molecule has 0 bridgehead atoms. The van der Waals surface area contributed by atoms with Gasteiger partial charge in [0.1, 0.15) is 5.75 Å². The van der Waals surface area contributed by atoms with Gasteiger partial charge in [-0.1, -0.05) is 22.9 Å². The standard InChI is InChI=1S/C12H15BrN2O2/c1-3-6-14-15-12(16)8-17-11-5-4-10(13)7-9(11)2/h4-7H,3,8H2,1-2H3,(H,15,16). The van der Waals surface area contributed by atoms with Crippen molar-refractivity contribution in [2.45, 2.75) is 20.3 Å². The number of nitrogens with zero attached hydrogens (tertiary/aromatic N) is 1. The molecule has 1 rings (SSSR count). The van der Waals surface area contributed by atoms with E-state index in [2.05, 4.69) is 26.5 Å². The van der Waals surface area contributed by atoms with Crippen LogP contribution in [0, 0.1) is 6.92 Å². The fourth-order valence-corrected chi connectivity index (χ4v) is 1.63. The first-order valence-corrected chi connectivity index (χ1v) is 6.12. The Morgan fingerprint density at radius 2 is 2.35 bits per heavy atom. The SMILES string of the molecule is CCC=NNC(=O)COc1ccc(Br)cc1C. The Balaban J connectivity index is 2.44. The van der Waals surface area contributed by atoms with Crippen molar-refractivity contribution >= 4 is 28.1 Å². The number of halogens is 1. The first-order chi connectivity index (χ1) is 8.13. The first kappa shape index (κ1) is 13.7. The summed E-state index contributed by atoms with van der Waals surface area (Å²) in [5, 5.41) is 3.73. The summed E-state index contributed by atoms with van der Waals surface area (Å²) in [7, 11) is 0. The lowest BCUT2D eigenvalue weighted by Gasteiger charge is -2.08. The van der Waals surface area contributed by atoms with Crippen molar-refractivity contribution in [1.82, 2.24) is 5.43 Å². The molecule has 0 spiro atoms. The minimum absolute atomic E-state index is 0.0382. The van der Waals surface area contributed by atoms with Crippen LogP contribution >= 0.6 is 15.9 Å². The van der Waals surface area contributed by atoms with Gasteiger partial charge in [-0.05, 0) is 37.1 Å². The molecule has 0 radical (unpaired) electrons. The second-order valence-electron chi connectivity index (χ2n) is 3.45. The number of aryl methyl sites for hydroxylation is 1. The Labute approximate surface area is 109 Å². The number of ether oxygens (including phenoxy) is 1. The van der Waals surface area contributed by atoms with E-state index < -0.39 is 0 Å². The first-order valence-electron chi connectivity index (χ1n) is 5.32. The number of nitrogens with one attached hydrogen (secondary N) is 1. The van der Waals surface area contributed by atoms with Crippen LogP contribution < -0.4 is 10.2 Å². The number of carbonyl (C=O) groups excluding carboxylic acids is 1. The third-order valence-electron chi connectivity index (χ3n) is 1.96. The van der Waals surface area contributed by atoms with E-state index in [0.717, 1.165) is 16.5 Å². The molecule has 0 aliphatic heterocycles. The Morgan fingerprint density at radius 3 is 3.00 bits per heavy atom. The number of hydrazone groups is 1. The maximum atomic E-state index is 11.3. The Bertz CT molecular complexity index is 419. The highest BCUT2D eigenvalue weighted by Gasteiger charge is 2.04. The van der Waals surface area contributed by atoms with Crippen LogP contribution in [0.1, 0.15) is 18.9 Å². The summed E-state index contributed by atoms with van der Waals surface area (Å²) >= 11 is 3.36. The second kappa shape index (κ2) is 7.06. The quantitative estimate of drug-likeness (QED) is 0.671. The van der Waals surface area contributed by atoms with Crippen LogP contribution in [0.15, 0.2) is 27.8 Å². The predicted octanol–water partition coefficient (Wildman–Crippen LogP) is 2.65. The van der Waals surface area contributed by atoms with Gasteiger partial charge in [0.2, 0.25) is 0 Å². The third-order valence-corrected chi connectivity index (χ3v) is 2.45. The summed E-state index contributed by atoms with van der Waals surface area (Å²) in [4.78, 5) is 11.3. The van der Waals surface area contributed by atoms with Crippen LogP contribution in [0.3, 0.4) is 0 Å². The molecule has 0 aliphatic rings. The van der Waals surface area contributed by atoms with Crippen LogP contribution in [0.4, 0.5) is 0 Å². The molecule has 5 heteroatoms. The number of rotatable bonds is 5. The van der Waals surface area contributed by atoms with Gasteiger partial charge in [0.25, 0.3) is 5.91 Å². The Hall–Kier alpha value is -1.36. The smallest absolute Gasteiger partial charge is 0.277 e. The van der Waals surface area contributed by atoms with Crippen molar-refractivity contribution in [3.63, 3.8) is 0 Å². The average Bonchev–Trinajstić information content (AvgIpc) is 2.28. The van der Waals surface area contributed by atoms with Crippen molar-refractivity contribution in [3.8, 4) is 5.75 Å². The molecule has 17 heavy (non-hydrogen) atoms. The molecule has 1 aromatic rings. The van der Waals surface area contributed by atoms with Gasteiger partial charge in [0, 0.05) is 10.7 Å². The summed E-state index contributed by atoms with van der Waals surface area (Å²) in [6.45, 7) is 3.83. The Kier molecular flexibility index (Phi) is 5.69. The van der Waals surface area contributed by atoms with Crippen molar-refractivity contribution in [3.05, 3.63) is 28.2 Å². The lowest BCUT2D eigenvalue weighted by molar-refractivity contribution is -0.123. The molecular weight excluding hydrogens is 284 g/mol. The second-order valence-corrected chi connectivity index (χ2v) is 4.37. The number of hydrogen-bond donors (Lipinski definition) is 1. The van der Waals surface area contributed by atoms with E-state index in [1.807, 2.05) is 32.0 Å². The summed E-state index contributed by atoms with van der Waals surface area (Å²) in [6.07, 6.45) is 2.41. The summed E-state index contributed by atoms with van der Waals surface area (Å²) in [5.74, 6) is 0.430. The third kappa shape index (κ3) is 4.99. The van der Waals surface area contributed by atoms with Crippen molar-refractivity contribution in [2.75, 3.05) is 6.61 Å². The molecule has 1 amide bonds. The van der Waals surface area contributed by atoms with Crippen LogP contribution in [-0.4, -0.2) is 18.7 Å². The fraction of sp³-hybridized carbons (Fsp3) is 0.333. The minimum atomic E-state index is -0.267. The van der Waals surface area contributed by atoms with Crippen molar-refractivity contribution in [2.24, 2.45) is 5.10 Å². The molecular formula is C12H15BrN2O2. The molecule has 0 heterocycles. The van der Waals surface area contributed by atoms with Crippen LogP contribution in [0.5, 0.6) is 5.75 Å². The van der Waals surface area contributed by atoms with Crippen molar-refractivity contribution < 1.29 is 9.53 Å². The highest BCUT2D eigenvalue weighted by molar-refractivity contribution is 9.10. The number of carbonyl (C=O) groups is 1. The maximum Gasteiger partial charge on any atom is 0.277 e. The zero-order chi connectivity index (χ0) is 12.7. The van der Waals surface area contributed by atoms with Gasteiger partial charge >= 0.3 is 0 Å². The normalized spacial score (nSPS) is 10.5. The topological polar surface area (TPSA) is 50.7 Å². The van der Waals surface area contributed by atoms with Gasteiger partial charge in [0.05, 0.1) is 0 Å². The zero-order valence-corrected chi connectivity index (χ0v) is 11.5. The molecule has 0 aromatic heterocycles. The fourth-order valence-electron chi connectivity index (χ4n) is 1.16. The molecule has 0 saturated heterocycles. The Morgan fingerprint density at radius 1 is 1.59 bits per heavy atom. The predicted molar refractivity (Wildman–Crippen MR) is 71.3 cm³/mol. The van der Waals surface area contributed by atoms with E-state index in [1.165, 1.54) is 0 Å². The lowest BCUT2D eigenvalue weighted by atomic mass is 10.2. The molecule has 1 N–H and O–H groups in total.